The van der Waals surface area contributed by atoms with Crippen molar-refractivity contribution in [3.05, 3.63) is 82.2 Å². The third-order valence-electron chi connectivity index (χ3n) is 5.15. The van der Waals surface area contributed by atoms with Crippen LogP contribution in [0.4, 0.5) is 8.78 Å². The predicted octanol–water partition coefficient (Wildman–Crippen LogP) is 6.35. The monoisotopic (exact) mass is 484 g/mol. The number of aromatic nitrogens is 6. The smallest absolute Gasteiger partial charge is 0.177 e. The van der Waals surface area contributed by atoms with Crippen molar-refractivity contribution in [3.63, 3.8) is 0 Å². The zero-order valence-corrected chi connectivity index (χ0v) is 19.0. The Bertz CT molecular complexity index is 1490. The van der Waals surface area contributed by atoms with Gasteiger partial charge in [0.25, 0.3) is 0 Å². The first-order chi connectivity index (χ1) is 15.8. The maximum atomic E-state index is 14.8. The number of rotatable bonds is 4. The third kappa shape index (κ3) is 3.75. The molecule has 0 amide bonds. The van der Waals surface area contributed by atoms with Crippen molar-refractivity contribution in [2.75, 3.05) is 0 Å². The molecule has 2 aromatic carbocycles. The maximum Gasteiger partial charge on any atom is 0.177 e. The van der Waals surface area contributed by atoms with Gasteiger partial charge in [-0.3, -0.25) is 0 Å². The molecule has 6 nitrogen and oxygen atoms in total. The van der Waals surface area contributed by atoms with Crippen LogP contribution in [0.15, 0.2) is 54.7 Å². The molecule has 0 aliphatic carbocycles. The van der Waals surface area contributed by atoms with E-state index in [2.05, 4.69) is 20.4 Å². The van der Waals surface area contributed by atoms with Gasteiger partial charge in [-0.05, 0) is 36.4 Å². The molecule has 0 spiro atoms. The molecule has 0 fully saturated rings. The molecule has 3 aromatic heterocycles. The zero-order valence-electron chi connectivity index (χ0n) is 17.5. The van der Waals surface area contributed by atoms with Gasteiger partial charge >= 0.3 is 0 Å². The lowest BCUT2D eigenvalue weighted by molar-refractivity contribution is 0.585. The van der Waals surface area contributed by atoms with Gasteiger partial charge in [-0.15, -0.1) is 10.2 Å². The molecule has 3 heterocycles. The van der Waals surface area contributed by atoms with Gasteiger partial charge in [0.15, 0.2) is 11.5 Å². The fourth-order valence-electron chi connectivity index (χ4n) is 3.57. The molecule has 0 unspecified atom stereocenters. The Morgan fingerprint density at radius 1 is 0.879 bits per heavy atom. The van der Waals surface area contributed by atoms with Gasteiger partial charge in [-0.2, -0.15) is 14.7 Å². The van der Waals surface area contributed by atoms with E-state index in [4.69, 9.17) is 23.2 Å². The first-order valence-corrected chi connectivity index (χ1v) is 10.8. The Kier molecular flexibility index (Phi) is 5.34. The summed E-state index contributed by atoms with van der Waals surface area (Å²) in [6, 6.07) is 11.9. The van der Waals surface area contributed by atoms with Gasteiger partial charge in [-0.25, -0.2) is 13.5 Å². The van der Waals surface area contributed by atoms with Crippen molar-refractivity contribution in [3.8, 4) is 28.2 Å². The van der Waals surface area contributed by atoms with Gasteiger partial charge in [0.05, 0.1) is 15.7 Å². The van der Waals surface area contributed by atoms with Crippen LogP contribution < -0.4 is 0 Å². The number of benzene rings is 2. The Labute approximate surface area is 197 Å². The molecular formula is C23H16Cl2F2N6. The van der Waals surface area contributed by atoms with Gasteiger partial charge in [0.2, 0.25) is 0 Å². The maximum absolute atomic E-state index is 14.8. The van der Waals surface area contributed by atoms with Gasteiger partial charge < -0.3 is 0 Å². The first kappa shape index (κ1) is 21.5. The number of nitrogens with zero attached hydrogens (tertiary/aromatic N) is 6. The zero-order chi connectivity index (χ0) is 23.3. The quantitative estimate of drug-likeness (QED) is 0.298. The predicted molar refractivity (Wildman–Crippen MR) is 123 cm³/mol. The summed E-state index contributed by atoms with van der Waals surface area (Å²) in [5, 5.41) is 18.3. The molecule has 0 aliphatic heterocycles. The summed E-state index contributed by atoms with van der Waals surface area (Å²) in [4.78, 5) is 0. The summed E-state index contributed by atoms with van der Waals surface area (Å²) in [5.41, 5.74) is 2.39. The van der Waals surface area contributed by atoms with Crippen molar-refractivity contribution >= 4 is 28.8 Å². The summed E-state index contributed by atoms with van der Waals surface area (Å²) < 4.78 is 31.5. The molecule has 0 atom stereocenters. The van der Waals surface area contributed by atoms with Crippen molar-refractivity contribution in [2.24, 2.45) is 0 Å². The molecule has 0 radical (unpaired) electrons. The Morgan fingerprint density at radius 2 is 1.64 bits per heavy atom. The Morgan fingerprint density at radius 3 is 2.33 bits per heavy atom. The van der Waals surface area contributed by atoms with E-state index in [0.717, 1.165) is 6.07 Å². The summed E-state index contributed by atoms with van der Waals surface area (Å²) >= 11 is 12.8. The fourth-order valence-corrected chi connectivity index (χ4v) is 4.14. The highest BCUT2D eigenvalue weighted by atomic mass is 35.5. The third-order valence-corrected chi connectivity index (χ3v) is 5.76. The minimum atomic E-state index is -0.750. The van der Waals surface area contributed by atoms with Crippen molar-refractivity contribution in [1.29, 1.82) is 0 Å². The van der Waals surface area contributed by atoms with E-state index in [1.807, 2.05) is 13.8 Å². The van der Waals surface area contributed by atoms with Crippen molar-refractivity contribution < 1.29 is 8.78 Å². The Balaban J connectivity index is 1.78. The number of para-hydroxylation sites is 1. The molecule has 5 rings (SSSR count). The van der Waals surface area contributed by atoms with Crippen LogP contribution in [0.3, 0.4) is 0 Å². The normalized spacial score (nSPS) is 11.6. The van der Waals surface area contributed by atoms with E-state index in [0.29, 0.717) is 38.5 Å². The second-order valence-electron chi connectivity index (χ2n) is 7.73. The molecule has 33 heavy (non-hydrogen) atoms. The molecule has 10 heteroatoms. The summed E-state index contributed by atoms with van der Waals surface area (Å²) in [7, 11) is 0. The van der Waals surface area contributed by atoms with Crippen LogP contribution in [0.25, 0.3) is 33.8 Å². The van der Waals surface area contributed by atoms with Gasteiger partial charge in [-0.1, -0.05) is 43.1 Å². The fraction of sp³-hybridized carbons (Fsp3) is 0.130. The number of hydrogen-bond acceptors (Lipinski definition) is 4. The van der Waals surface area contributed by atoms with E-state index in [9.17, 15) is 8.78 Å². The average molecular weight is 485 g/mol. The molecule has 5 aromatic rings. The average Bonchev–Trinajstić information content (AvgIpc) is 3.38. The topological polar surface area (TPSA) is 60.9 Å². The van der Waals surface area contributed by atoms with Crippen LogP contribution in [0.2, 0.25) is 10.0 Å². The number of hydrogen-bond donors (Lipinski definition) is 0. The van der Waals surface area contributed by atoms with E-state index in [-0.39, 0.29) is 17.2 Å². The molecule has 0 N–H and O–H groups in total. The highest BCUT2D eigenvalue weighted by Crippen LogP contribution is 2.36. The number of fused-ring (bicyclic) bond motifs is 1. The van der Waals surface area contributed by atoms with Crippen LogP contribution in [0.5, 0.6) is 0 Å². The van der Waals surface area contributed by atoms with Crippen LogP contribution in [0, 0.1) is 11.6 Å². The SMILES string of the molecule is CC(C)c1nnc2ccc(-c3cn(-c4c(Cl)cccc4Cl)nc3-c3ccc(F)cc3F)nn12. The van der Waals surface area contributed by atoms with Crippen molar-refractivity contribution in [1.82, 2.24) is 29.6 Å². The number of halogens is 4. The van der Waals surface area contributed by atoms with E-state index < -0.39 is 11.6 Å². The molecule has 0 saturated carbocycles. The molecule has 166 valence electrons. The van der Waals surface area contributed by atoms with Crippen LogP contribution in [-0.2, 0) is 0 Å². The van der Waals surface area contributed by atoms with Crippen LogP contribution in [-0.4, -0.2) is 29.6 Å². The summed E-state index contributed by atoms with van der Waals surface area (Å²) in [6.45, 7) is 3.98. The van der Waals surface area contributed by atoms with Crippen molar-refractivity contribution in [2.45, 2.75) is 19.8 Å². The Hall–Kier alpha value is -3.36. The lowest BCUT2D eigenvalue weighted by Crippen LogP contribution is -2.02. The molecule has 0 saturated heterocycles. The van der Waals surface area contributed by atoms with Gasteiger partial charge in [0.1, 0.15) is 23.0 Å². The molecule has 0 bridgehead atoms. The minimum Gasteiger partial charge on any atom is -0.237 e. The lowest BCUT2D eigenvalue weighted by atomic mass is 10.1. The standard InChI is InChI=1S/C23H16Cl2F2N6/c1-12(2)23-29-28-20-9-8-19(30-33(20)23)15-11-32(22-16(24)4-3-5-17(22)25)31-21(15)14-7-6-13(26)10-18(14)27/h3-12H,1-2H3. The second kappa shape index (κ2) is 8.20. The van der Waals surface area contributed by atoms with E-state index >= 15 is 0 Å². The summed E-state index contributed by atoms with van der Waals surface area (Å²) in [6.07, 6.45) is 1.67. The molecule has 0 aliphatic rings. The van der Waals surface area contributed by atoms with E-state index in [1.54, 1.807) is 41.0 Å². The summed E-state index contributed by atoms with van der Waals surface area (Å²) in [5.74, 6) is -0.665. The largest absolute Gasteiger partial charge is 0.237 e. The first-order valence-electron chi connectivity index (χ1n) is 10.1. The van der Waals surface area contributed by atoms with Gasteiger partial charge in [0, 0.05) is 29.3 Å². The minimum absolute atomic E-state index is 0.0846. The highest BCUT2D eigenvalue weighted by molar-refractivity contribution is 6.37. The van der Waals surface area contributed by atoms with Crippen LogP contribution >= 0.6 is 23.2 Å². The van der Waals surface area contributed by atoms with E-state index in [1.165, 1.54) is 16.8 Å². The lowest BCUT2D eigenvalue weighted by Gasteiger charge is -2.06. The van der Waals surface area contributed by atoms with Crippen LogP contribution in [0.1, 0.15) is 25.6 Å². The second-order valence-corrected chi connectivity index (χ2v) is 8.55. The highest BCUT2D eigenvalue weighted by Gasteiger charge is 2.21. The molecular weight excluding hydrogens is 469 g/mol.